The summed E-state index contributed by atoms with van der Waals surface area (Å²) >= 11 is 0. The summed E-state index contributed by atoms with van der Waals surface area (Å²) in [7, 11) is 0. The Hall–Kier alpha value is -0.200. The molecule has 3 fully saturated rings. The molecule has 0 amide bonds. The standard InChI is InChI=1S/C16H28O5/c1-2-3-4-5-6-7-8-9-12-18-10-11-14(20-12)13(17)15-16(19-11)21-15/h11-17H,2-10H2,1H3. The number of fused-ring (bicyclic) bond motifs is 2. The van der Waals surface area contributed by atoms with Crippen molar-refractivity contribution in [2.24, 2.45) is 0 Å². The number of rotatable bonds is 8. The van der Waals surface area contributed by atoms with Crippen molar-refractivity contribution in [2.45, 2.75) is 95.3 Å². The van der Waals surface area contributed by atoms with Gasteiger partial charge in [0.05, 0.1) is 6.61 Å². The summed E-state index contributed by atoms with van der Waals surface area (Å²) in [5, 5.41) is 10.1. The molecule has 0 aromatic carbocycles. The first-order chi connectivity index (χ1) is 10.3. The van der Waals surface area contributed by atoms with Crippen molar-refractivity contribution in [1.29, 1.82) is 0 Å². The molecule has 0 bridgehead atoms. The zero-order valence-corrected chi connectivity index (χ0v) is 12.9. The summed E-state index contributed by atoms with van der Waals surface area (Å²) in [5.74, 6) is 0. The van der Waals surface area contributed by atoms with E-state index in [4.69, 9.17) is 18.9 Å². The monoisotopic (exact) mass is 300 g/mol. The third-order valence-corrected chi connectivity index (χ3v) is 4.63. The van der Waals surface area contributed by atoms with Crippen molar-refractivity contribution in [3.05, 3.63) is 0 Å². The highest BCUT2D eigenvalue weighted by atomic mass is 16.8. The minimum atomic E-state index is -0.575. The molecule has 3 heterocycles. The lowest BCUT2D eigenvalue weighted by Gasteiger charge is -2.40. The third kappa shape index (κ3) is 3.96. The molecule has 0 aromatic heterocycles. The average Bonchev–Trinajstić information content (AvgIpc) is 3.27. The van der Waals surface area contributed by atoms with Gasteiger partial charge in [0.1, 0.15) is 24.4 Å². The highest BCUT2D eigenvalue weighted by Gasteiger charge is 2.58. The highest BCUT2D eigenvalue weighted by Crippen LogP contribution is 2.39. The molecule has 3 aliphatic rings. The molecule has 6 atom stereocenters. The number of aliphatic hydroxyl groups excluding tert-OH is 1. The summed E-state index contributed by atoms with van der Waals surface area (Å²) in [6.07, 6.45) is 8.18. The lowest BCUT2D eigenvalue weighted by molar-refractivity contribution is -0.294. The van der Waals surface area contributed by atoms with E-state index < -0.39 is 6.10 Å². The zero-order chi connectivity index (χ0) is 14.7. The first-order valence-electron chi connectivity index (χ1n) is 8.55. The molecule has 3 rings (SSSR count). The quantitative estimate of drug-likeness (QED) is 0.551. The van der Waals surface area contributed by atoms with Gasteiger partial charge in [0.2, 0.25) is 0 Å². The van der Waals surface area contributed by atoms with Crippen molar-refractivity contribution in [3.63, 3.8) is 0 Å². The smallest absolute Gasteiger partial charge is 0.187 e. The van der Waals surface area contributed by atoms with Crippen molar-refractivity contribution >= 4 is 0 Å². The van der Waals surface area contributed by atoms with Gasteiger partial charge in [-0.2, -0.15) is 0 Å². The summed E-state index contributed by atoms with van der Waals surface area (Å²) < 4.78 is 22.4. The van der Waals surface area contributed by atoms with Crippen LogP contribution in [-0.2, 0) is 18.9 Å². The highest BCUT2D eigenvalue weighted by molar-refractivity contribution is 4.99. The van der Waals surface area contributed by atoms with Gasteiger partial charge in [-0.15, -0.1) is 0 Å². The van der Waals surface area contributed by atoms with Crippen LogP contribution in [0.25, 0.3) is 0 Å². The predicted octanol–water partition coefficient (Wildman–Crippen LogP) is 2.35. The molecule has 3 saturated heterocycles. The van der Waals surface area contributed by atoms with E-state index in [9.17, 15) is 5.11 Å². The largest absolute Gasteiger partial charge is 0.387 e. The van der Waals surface area contributed by atoms with Gasteiger partial charge in [0.25, 0.3) is 0 Å². The fourth-order valence-corrected chi connectivity index (χ4v) is 3.26. The lowest BCUT2D eigenvalue weighted by atomic mass is 10.0. The Labute approximate surface area is 126 Å². The lowest BCUT2D eigenvalue weighted by Crippen LogP contribution is -2.56. The molecule has 0 aromatic rings. The SMILES string of the molecule is CCCCCCCCCC1OCC2OC3OC3C(O)C2O1. The summed E-state index contributed by atoms with van der Waals surface area (Å²) in [6, 6.07) is 0. The maximum Gasteiger partial charge on any atom is 0.187 e. The zero-order valence-electron chi connectivity index (χ0n) is 12.9. The van der Waals surface area contributed by atoms with Crippen LogP contribution >= 0.6 is 0 Å². The van der Waals surface area contributed by atoms with E-state index in [2.05, 4.69) is 6.92 Å². The Morgan fingerprint density at radius 3 is 2.48 bits per heavy atom. The second-order valence-electron chi connectivity index (χ2n) is 6.41. The number of ether oxygens (including phenoxy) is 4. The molecule has 122 valence electrons. The summed E-state index contributed by atoms with van der Waals surface area (Å²) in [6.45, 7) is 2.73. The van der Waals surface area contributed by atoms with Gasteiger partial charge in [-0.3, -0.25) is 0 Å². The van der Waals surface area contributed by atoms with Crippen LogP contribution in [0.3, 0.4) is 0 Å². The fourth-order valence-electron chi connectivity index (χ4n) is 3.26. The van der Waals surface area contributed by atoms with Crippen molar-refractivity contribution < 1.29 is 24.1 Å². The Kier molecular flexibility index (Phi) is 5.51. The number of unbranched alkanes of at least 4 members (excludes halogenated alkanes) is 6. The first-order valence-corrected chi connectivity index (χ1v) is 8.55. The van der Waals surface area contributed by atoms with E-state index in [1.807, 2.05) is 0 Å². The van der Waals surface area contributed by atoms with Crippen LogP contribution in [0, 0.1) is 0 Å². The van der Waals surface area contributed by atoms with Crippen molar-refractivity contribution in [2.75, 3.05) is 6.61 Å². The molecular weight excluding hydrogens is 272 g/mol. The van der Waals surface area contributed by atoms with E-state index in [0.29, 0.717) is 6.61 Å². The Morgan fingerprint density at radius 2 is 1.67 bits per heavy atom. The molecule has 6 unspecified atom stereocenters. The Bertz CT molecular complexity index is 324. The van der Waals surface area contributed by atoms with E-state index in [0.717, 1.165) is 12.8 Å². The van der Waals surface area contributed by atoms with Crippen LogP contribution in [0.2, 0.25) is 0 Å². The van der Waals surface area contributed by atoms with Crippen LogP contribution in [0.1, 0.15) is 58.3 Å². The molecule has 0 spiro atoms. The van der Waals surface area contributed by atoms with Gasteiger partial charge in [-0.1, -0.05) is 45.4 Å². The second-order valence-corrected chi connectivity index (χ2v) is 6.41. The maximum absolute atomic E-state index is 10.1. The van der Waals surface area contributed by atoms with Gasteiger partial charge in [0, 0.05) is 0 Å². The maximum atomic E-state index is 10.1. The molecule has 1 N–H and O–H groups in total. The molecule has 21 heavy (non-hydrogen) atoms. The van der Waals surface area contributed by atoms with E-state index in [1.54, 1.807) is 0 Å². The molecular formula is C16H28O5. The number of epoxide rings is 1. The van der Waals surface area contributed by atoms with Crippen LogP contribution in [0.5, 0.6) is 0 Å². The molecule has 3 aliphatic heterocycles. The Balaban J connectivity index is 1.31. The average molecular weight is 300 g/mol. The number of hydrogen-bond acceptors (Lipinski definition) is 5. The van der Waals surface area contributed by atoms with E-state index in [1.165, 1.54) is 38.5 Å². The summed E-state index contributed by atoms with van der Waals surface area (Å²) in [4.78, 5) is 0. The van der Waals surface area contributed by atoms with E-state index in [-0.39, 0.29) is 30.9 Å². The van der Waals surface area contributed by atoms with Crippen molar-refractivity contribution in [3.8, 4) is 0 Å². The minimum Gasteiger partial charge on any atom is -0.387 e. The summed E-state index contributed by atoms with van der Waals surface area (Å²) in [5.41, 5.74) is 0. The first kappa shape index (κ1) is 15.7. The van der Waals surface area contributed by atoms with Crippen LogP contribution in [-0.4, -0.2) is 48.7 Å². The third-order valence-electron chi connectivity index (χ3n) is 4.63. The number of hydrogen-bond donors (Lipinski definition) is 1. The van der Waals surface area contributed by atoms with Crippen LogP contribution < -0.4 is 0 Å². The van der Waals surface area contributed by atoms with Gasteiger partial charge in [-0.25, -0.2) is 0 Å². The minimum absolute atomic E-state index is 0.186. The molecule has 5 heteroatoms. The normalized spacial score (nSPS) is 41.4. The number of aliphatic hydroxyl groups is 1. The van der Waals surface area contributed by atoms with E-state index >= 15 is 0 Å². The van der Waals surface area contributed by atoms with Crippen LogP contribution in [0.15, 0.2) is 0 Å². The van der Waals surface area contributed by atoms with Gasteiger partial charge in [-0.05, 0) is 12.8 Å². The van der Waals surface area contributed by atoms with Gasteiger partial charge < -0.3 is 24.1 Å². The van der Waals surface area contributed by atoms with Gasteiger partial charge >= 0.3 is 0 Å². The fraction of sp³-hybridized carbons (Fsp3) is 1.00. The topological polar surface area (TPSA) is 60.5 Å². The van der Waals surface area contributed by atoms with Crippen molar-refractivity contribution in [1.82, 2.24) is 0 Å². The second kappa shape index (κ2) is 7.38. The van der Waals surface area contributed by atoms with Crippen LogP contribution in [0.4, 0.5) is 0 Å². The molecule has 0 saturated carbocycles. The molecule has 0 aliphatic carbocycles. The molecule has 0 radical (unpaired) electrons. The predicted molar refractivity (Wildman–Crippen MR) is 76.8 cm³/mol. The Morgan fingerprint density at radius 1 is 0.905 bits per heavy atom. The van der Waals surface area contributed by atoms with Gasteiger partial charge in [0.15, 0.2) is 12.6 Å². The molecule has 5 nitrogen and oxygen atoms in total.